The first-order valence-corrected chi connectivity index (χ1v) is 8.03. The summed E-state index contributed by atoms with van der Waals surface area (Å²) in [4.78, 5) is 18.6. The molecule has 1 saturated carbocycles. The number of pyridine rings is 1. The molecule has 1 aliphatic rings. The molecule has 0 saturated heterocycles. The van der Waals surface area contributed by atoms with Crippen LogP contribution in [0.15, 0.2) is 30.6 Å². The molecule has 2 heterocycles. The van der Waals surface area contributed by atoms with E-state index < -0.39 is 6.10 Å². The molecule has 122 valence electrons. The highest BCUT2D eigenvalue weighted by Crippen LogP contribution is 2.32. The summed E-state index contributed by atoms with van der Waals surface area (Å²) < 4.78 is 1.71. The van der Waals surface area contributed by atoms with E-state index in [2.05, 4.69) is 10.1 Å². The molecule has 0 spiro atoms. The Labute approximate surface area is 135 Å². The van der Waals surface area contributed by atoms with Crippen LogP contribution in [0.4, 0.5) is 0 Å². The molecule has 1 atom stereocenters. The summed E-state index contributed by atoms with van der Waals surface area (Å²) >= 11 is 0. The predicted molar refractivity (Wildman–Crippen MR) is 86.4 cm³/mol. The van der Waals surface area contributed by atoms with Gasteiger partial charge >= 0.3 is 0 Å². The highest BCUT2D eigenvalue weighted by atomic mass is 16.3. The zero-order valence-corrected chi connectivity index (χ0v) is 13.5. The molecule has 6 heteroatoms. The first-order valence-electron chi connectivity index (χ1n) is 8.03. The Morgan fingerprint density at radius 2 is 2.26 bits per heavy atom. The minimum Gasteiger partial charge on any atom is -0.391 e. The standard InChI is InChI=1S/C17H22N4O2/c1-3-14-13(10-19-21(14)16-6-4-5-9-18-16)17(23)20(2)11-15(22)12-7-8-12/h4-6,9-10,12,15,22H,3,7-8,11H2,1-2H3. The largest absolute Gasteiger partial charge is 0.391 e. The maximum Gasteiger partial charge on any atom is 0.257 e. The molecule has 2 aromatic rings. The first kappa shape index (κ1) is 15.7. The number of amides is 1. The summed E-state index contributed by atoms with van der Waals surface area (Å²) in [6.07, 6.45) is 5.66. The van der Waals surface area contributed by atoms with Gasteiger partial charge in [0.1, 0.15) is 0 Å². The number of aromatic nitrogens is 3. The van der Waals surface area contributed by atoms with Gasteiger partial charge in [0.15, 0.2) is 5.82 Å². The Hall–Kier alpha value is -2.21. The molecule has 0 bridgehead atoms. The third-order valence-corrected chi connectivity index (χ3v) is 4.27. The van der Waals surface area contributed by atoms with Crippen molar-refractivity contribution in [3.8, 4) is 5.82 Å². The number of aliphatic hydroxyl groups is 1. The lowest BCUT2D eigenvalue weighted by Gasteiger charge is -2.20. The second-order valence-corrected chi connectivity index (χ2v) is 6.05. The summed E-state index contributed by atoms with van der Waals surface area (Å²) in [6, 6.07) is 5.60. The van der Waals surface area contributed by atoms with E-state index in [-0.39, 0.29) is 5.91 Å². The molecule has 1 N–H and O–H groups in total. The Kier molecular flexibility index (Phi) is 4.43. The highest BCUT2D eigenvalue weighted by Gasteiger charge is 2.32. The molecule has 0 aromatic carbocycles. The van der Waals surface area contributed by atoms with Gasteiger partial charge in [-0.25, -0.2) is 9.67 Å². The fraction of sp³-hybridized carbons (Fsp3) is 0.471. The van der Waals surface area contributed by atoms with Crippen LogP contribution in [0.5, 0.6) is 0 Å². The topological polar surface area (TPSA) is 71.2 Å². The summed E-state index contributed by atoms with van der Waals surface area (Å²) in [5, 5.41) is 14.4. The number of rotatable bonds is 6. The minimum absolute atomic E-state index is 0.108. The van der Waals surface area contributed by atoms with E-state index in [4.69, 9.17) is 0 Å². The van der Waals surface area contributed by atoms with Crippen LogP contribution in [0.1, 0.15) is 35.8 Å². The van der Waals surface area contributed by atoms with E-state index in [1.54, 1.807) is 29.0 Å². The maximum absolute atomic E-state index is 12.7. The number of carbonyl (C=O) groups is 1. The van der Waals surface area contributed by atoms with Gasteiger partial charge in [-0.05, 0) is 37.3 Å². The monoisotopic (exact) mass is 314 g/mol. The zero-order chi connectivity index (χ0) is 16.4. The molecule has 2 aromatic heterocycles. The van der Waals surface area contributed by atoms with Crippen molar-refractivity contribution in [1.29, 1.82) is 0 Å². The molecule has 1 aliphatic carbocycles. The van der Waals surface area contributed by atoms with Crippen LogP contribution >= 0.6 is 0 Å². The average Bonchev–Trinajstić information content (AvgIpc) is 3.34. The van der Waals surface area contributed by atoms with Gasteiger partial charge in [-0.3, -0.25) is 4.79 Å². The minimum atomic E-state index is -0.431. The molecule has 3 rings (SSSR count). The SMILES string of the molecule is CCc1c(C(=O)N(C)CC(O)C2CC2)cnn1-c1ccccn1. The van der Waals surface area contributed by atoms with Gasteiger partial charge in [-0.2, -0.15) is 5.10 Å². The van der Waals surface area contributed by atoms with E-state index in [1.165, 1.54) is 0 Å². The van der Waals surface area contributed by atoms with Crippen molar-refractivity contribution in [2.24, 2.45) is 5.92 Å². The van der Waals surface area contributed by atoms with Crippen molar-refractivity contribution in [3.05, 3.63) is 41.9 Å². The third-order valence-electron chi connectivity index (χ3n) is 4.27. The number of nitrogens with zero attached hydrogens (tertiary/aromatic N) is 4. The van der Waals surface area contributed by atoms with E-state index in [9.17, 15) is 9.90 Å². The van der Waals surface area contributed by atoms with Crippen molar-refractivity contribution >= 4 is 5.91 Å². The smallest absolute Gasteiger partial charge is 0.257 e. The second-order valence-electron chi connectivity index (χ2n) is 6.05. The van der Waals surface area contributed by atoms with Gasteiger partial charge in [-0.15, -0.1) is 0 Å². The molecule has 1 fully saturated rings. The molecular weight excluding hydrogens is 292 g/mol. The van der Waals surface area contributed by atoms with Crippen molar-refractivity contribution < 1.29 is 9.90 Å². The molecule has 23 heavy (non-hydrogen) atoms. The number of carbonyl (C=O) groups excluding carboxylic acids is 1. The predicted octanol–water partition coefficient (Wildman–Crippen LogP) is 1.67. The van der Waals surface area contributed by atoms with Crippen LogP contribution in [0, 0.1) is 5.92 Å². The van der Waals surface area contributed by atoms with Crippen LogP contribution in [0.25, 0.3) is 5.82 Å². The van der Waals surface area contributed by atoms with Crippen molar-refractivity contribution in [2.45, 2.75) is 32.3 Å². The third kappa shape index (κ3) is 3.27. The van der Waals surface area contributed by atoms with Crippen molar-refractivity contribution in [3.63, 3.8) is 0 Å². The number of likely N-dealkylation sites (N-methyl/N-ethyl adjacent to an activating group) is 1. The van der Waals surface area contributed by atoms with Gasteiger partial charge in [0.25, 0.3) is 5.91 Å². The van der Waals surface area contributed by atoms with Crippen molar-refractivity contribution in [1.82, 2.24) is 19.7 Å². The quantitative estimate of drug-likeness (QED) is 0.880. The van der Waals surface area contributed by atoms with Crippen LogP contribution in [0.3, 0.4) is 0 Å². The lowest BCUT2D eigenvalue weighted by molar-refractivity contribution is 0.0644. The molecule has 1 unspecified atom stereocenters. The first-order chi connectivity index (χ1) is 11.1. The Morgan fingerprint density at radius 3 is 2.87 bits per heavy atom. The van der Waals surface area contributed by atoms with Crippen LogP contribution in [-0.2, 0) is 6.42 Å². The Morgan fingerprint density at radius 1 is 1.48 bits per heavy atom. The van der Waals surface area contributed by atoms with Gasteiger partial charge in [0, 0.05) is 19.8 Å². The van der Waals surface area contributed by atoms with Crippen LogP contribution in [0.2, 0.25) is 0 Å². The summed E-state index contributed by atoms with van der Waals surface area (Å²) in [5.74, 6) is 0.944. The van der Waals surface area contributed by atoms with E-state index >= 15 is 0 Å². The number of aliphatic hydroxyl groups excluding tert-OH is 1. The molecular formula is C17H22N4O2. The van der Waals surface area contributed by atoms with Crippen LogP contribution < -0.4 is 0 Å². The fourth-order valence-corrected chi connectivity index (χ4v) is 2.77. The number of hydrogen-bond donors (Lipinski definition) is 1. The summed E-state index contributed by atoms with van der Waals surface area (Å²) in [5.41, 5.74) is 1.41. The van der Waals surface area contributed by atoms with Gasteiger partial charge in [0.05, 0.1) is 23.6 Å². The molecule has 1 amide bonds. The zero-order valence-electron chi connectivity index (χ0n) is 13.5. The highest BCUT2D eigenvalue weighted by molar-refractivity contribution is 5.95. The van der Waals surface area contributed by atoms with Gasteiger partial charge in [0.2, 0.25) is 0 Å². The van der Waals surface area contributed by atoms with E-state index in [0.717, 1.165) is 18.5 Å². The number of hydrogen-bond acceptors (Lipinski definition) is 4. The second kappa shape index (κ2) is 6.50. The molecule has 6 nitrogen and oxygen atoms in total. The maximum atomic E-state index is 12.7. The lowest BCUT2D eigenvalue weighted by Crippen LogP contribution is -2.35. The normalized spacial score (nSPS) is 15.4. The average molecular weight is 314 g/mol. The van der Waals surface area contributed by atoms with Gasteiger partial charge in [-0.1, -0.05) is 13.0 Å². The molecule has 0 aliphatic heterocycles. The summed E-state index contributed by atoms with van der Waals surface area (Å²) in [7, 11) is 1.73. The van der Waals surface area contributed by atoms with Crippen LogP contribution in [-0.4, -0.2) is 50.4 Å². The van der Waals surface area contributed by atoms with Gasteiger partial charge < -0.3 is 10.0 Å². The van der Waals surface area contributed by atoms with Crippen molar-refractivity contribution in [2.75, 3.05) is 13.6 Å². The lowest BCUT2D eigenvalue weighted by atomic mass is 10.1. The fourth-order valence-electron chi connectivity index (χ4n) is 2.77. The van der Waals surface area contributed by atoms with E-state index in [1.807, 2.05) is 25.1 Å². The Bertz CT molecular complexity index is 679. The van der Waals surface area contributed by atoms with E-state index in [0.29, 0.717) is 30.3 Å². The summed E-state index contributed by atoms with van der Waals surface area (Å²) in [6.45, 7) is 2.35. The Balaban J connectivity index is 1.82. The molecule has 0 radical (unpaired) electrons.